The van der Waals surface area contributed by atoms with Crippen LogP contribution in [0.2, 0.25) is 0 Å². The fraction of sp³-hybridized carbons (Fsp3) is 0.474. The number of nitrogens with one attached hydrogen (secondary N) is 1. The van der Waals surface area contributed by atoms with Crippen LogP contribution in [-0.4, -0.2) is 44.4 Å². The van der Waals surface area contributed by atoms with Gasteiger partial charge in [-0.05, 0) is 0 Å². The molecule has 2 N–H and O–H groups in total. The van der Waals surface area contributed by atoms with E-state index in [1.165, 1.54) is 7.11 Å². The number of esters is 1. The van der Waals surface area contributed by atoms with Crippen LogP contribution in [0.5, 0.6) is 0 Å². The number of halogens is 1. The van der Waals surface area contributed by atoms with Crippen molar-refractivity contribution in [3.63, 3.8) is 0 Å². The zero-order valence-corrected chi connectivity index (χ0v) is 18.1. The Labute approximate surface area is 169 Å². The van der Waals surface area contributed by atoms with Crippen molar-refractivity contribution in [3.05, 3.63) is 35.9 Å². The summed E-state index contributed by atoms with van der Waals surface area (Å²) in [4.78, 5) is 40.0. The number of amides is 1. The average molecular weight is 489 g/mol. The van der Waals surface area contributed by atoms with Crippen molar-refractivity contribution < 1.29 is 45.4 Å². The molecule has 2 atom stereocenters. The third-order valence-corrected chi connectivity index (χ3v) is 5.45. The first-order valence-corrected chi connectivity index (χ1v) is 10.7. The van der Waals surface area contributed by atoms with Gasteiger partial charge in [0.2, 0.25) is 0 Å². The summed E-state index contributed by atoms with van der Waals surface area (Å²) in [6, 6.07) is 8.30. The third kappa shape index (κ3) is 9.50. The fourth-order valence-electron chi connectivity index (χ4n) is 2.08. The molecular weight excluding hydrogens is 463 g/mol. The molecule has 0 aliphatic rings. The van der Waals surface area contributed by atoms with E-state index in [-0.39, 0.29) is 11.8 Å². The van der Waals surface area contributed by atoms with Gasteiger partial charge in [-0.2, -0.15) is 0 Å². The summed E-state index contributed by atoms with van der Waals surface area (Å²) in [6.07, 6.45) is 2.46. The first kappa shape index (κ1) is 23.1. The van der Waals surface area contributed by atoms with Gasteiger partial charge in [-0.1, -0.05) is 0 Å². The number of aliphatic imine (C=N–C) groups is 1. The van der Waals surface area contributed by atoms with Crippen LogP contribution in [0, 0.1) is 5.41 Å². The molecule has 150 valence electrons. The van der Waals surface area contributed by atoms with Crippen LogP contribution in [0.25, 0.3) is 0 Å². The van der Waals surface area contributed by atoms with E-state index >= 15 is 0 Å². The second-order valence-corrected chi connectivity index (χ2v) is 9.79. The van der Waals surface area contributed by atoms with Crippen molar-refractivity contribution in [2.24, 2.45) is 10.4 Å². The van der Waals surface area contributed by atoms with E-state index in [0.29, 0.717) is 6.42 Å². The van der Waals surface area contributed by atoms with Gasteiger partial charge in [0.05, 0.1) is 0 Å². The number of rotatable bonds is 9. The molecular formula is C19H26IN2O5-. The standard InChI is InChI=1S/C19H26IN2O5/c1-19(2,3)10-11-21-15(20-18(25)26)16(23)22-14(17(24)27-4)12-13-8-6-5-7-9-13/h5-9,11,14-15H,10,12H2,1-4H3,(H,22,23)(H,25,26)/q-1/t14-,15?/m0/s1. The first-order chi connectivity index (χ1) is 12.6. The van der Waals surface area contributed by atoms with Crippen LogP contribution < -0.4 is 26.5 Å². The summed E-state index contributed by atoms with van der Waals surface area (Å²) in [7, 11) is 1.25. The SMILES string of the molecule is COC(=O)[C@H](Cc1ccccc1)NC(=O)C(N=CCC(C)(C)C)[I-]C(=O)O. The Morgan fingerprint density at radius 3 is 2.41 bits per heavy atom. The van der Waals surface area contributed by atoms with E-state index in [9.17, 15) is 14.4 Å². The van der Waals surface area contributed by atoms with Crippen LogP contribution in [0.4, 0.5) is 4.79 Å². The number of hydrogen-bond acceptors (Lipinski definition) is 5. The summed E-state index contributed by atoms with van der Waals surface area (Å²) in [6.45, 7) is 6.06. The van der Waals surface area contributed by atoms with Crippen LogP contribution in [0.1, 0.15) is 32.8 Å². The molecule has 0 heterocycles. The molecule has 8 heteroatoms. The monoisotopic (exact) mass is 489 g/mol. The molecule has 0 saturated carbocycles. The average Bonchev–Trinajstić information content (AvgIpc) is 2.59. The summed E-state index contributed by atoms with van der Waals surface area (Å²) in [5, 5.41) is 11.7. The number of methoxy groups -OCH3 is 1. The van der Waals surface area contributed by atoms with Crippen molar-refractivity contribution in [2.75, 3.05) is 7.11 Å². The van der Waals surface area contributed by atoms with E-state index in [4.69, 9.17) is 9.84 Å². The maximum absolute atomic E-state index is 12.6. The Bertz CT molecular complexity index is 670. The molecule has 0 aliphatic heterocycles. The molecule has 1 unspecified atom stereocenters. The number of ether oxygens (including phenoxy) is 1. The number of carbonyl (C=O) groups excluding carboxylic acids is 2. The molecule has 1 rings (SSSR count). The van der Waals surface area contributed by atoms with Gasteiger partial charge < -0.3 is 0 Å². The van der Waals surface area contributed by atoms with Gasteiger partial charge in [0.1, 0.15) is 0 Å². The Hall–Kier alpha value is -1.97. The molecule has 0 saturated heterocycles. The molecule has 0 radical (unpaired) electrons. The van der Waals surface area contributed by atoms with Crippen LogP contribution in [0.3, 0.4) is 0 Å². The number of carbonyl (C=O) groups is 3. The van der Waals surface area contributed by atoms with E-state index in [2.05, 4.69) is 10.3 Å². The van der Waals surface area contributed by atoms with Gasteiger partial charge in [0.15, 0.2) is 0 Å². The molecule has 7 nitrogen and oxygen atoms in total. The van der Waals surface area contributed by atoms with E-state index in [1.807, 2.05) is 51.1 Å². The Balaban J connectivity index is 2.89. The molecule has 1 aromatic carbocycles. The van der Waals surface area contributed by atoms with Gasteiger partial charge in [-0.15, -0.1) is 0 Å². The second-order valence-electron chi connectivity index (χ2n) is 7.07. The summed E-state index contributed by atoms with van der Waals surface area (Å²) in [5.41, 5.74) is 0.836. The Kier molecular flexibility index (Phi) is 9.40. The number of hydrogen-bond donors (Lipinski definition) is 2. The summed E-state index contributed by atoms with van der Waals surface area (Å²) < 4.78 is 2.75. The van der Waals surface area contributed by atoms with E-state index in [1.54, 1.807) is 6.21 Å². The van der Waals surface area contributed by atoms with Crippen LogP contribution in [0.15, 0.2) is 35.3 Å². The number of carboxylic acid groups (broad SMARTS) is 1. The first-order valence-electron chi connectivity index (χ1n) is 8.42. The predicted molar refractivity (Wildman–Crippen MR) is 98.5 cm³/mol. The summed E-state index contributed by atoms with van der Waals surface area (Å²) in [5.74, 6) is -1.15. The minimum absolute atomic E-state index is 0.0199. The minimum atomic E-state index is -1.55. The number of alkyl halides is 1. The zero-order valence-electron chi connectivity index (χ0n) is 15.9. The van der Waals surface area contributed by atoms with Crippen molar-refractivity contribution in [1.29, 1.82) is 0 Å². The molecule has 0 bridgehead atoms. The summed E-state index contributed by atoms with van der Waals surface area (Å²) >= 11 is -1.55. The second kappa shape index (κ2) is 11.0. The molecule has 0 spiro atoms. The van der Waals surface area contributed by atoms with E-state index in [0.717, 1.165) is 5.56 Å². The van der Waals surface area contributed by atoms with Gasteiger partial charge in [-0.25, -0.2) is 0 Å². The maximum atomic E-state index is 12.6. The van der Waals surface area contributed by atoms with E-state index < -0.39 is 47.1 Å². The molecule has 1 aromatic rings. The van der Waals surface area contributed by atoms with Crippen molar-refractivity contribution in [3.8, 4) is 0 Å². The van der Waals surface area contributed by atoms with Gasteiger partial charge in [0.25, 0.3) is 0 Å². The molecule has 0 aliphatic carbocycles. The van der Waals surface area contributed by atoms with Crippen LogP contribution >= 0.6 is 0 Å². The van der Waals surface area contributed by atoms with Crippen molar-refractivity contribution in [1.82, 2.24) is 5.32 Å². The number of nitrogens with zero attached hydrogens (tertiary/aromatic N) is 1. The Morgan fingerprint density at radius 2 is 1.89 bits per heavy atom. The van der Waals surface area contributed by atoms with Crippen molar-refractivity contribution >= 4 is 22.1 Å². The van der Waals surface area contributed by atoms with Gasteiger partial charge in [-0.3, -0.25) is 0 Å². The molecule has 1 amide bonds. The third-order valence-electron chi connectivity index (χ3n) is 3.44. The predicted octanol–water partition coefficient (Wildman–Crippen LogP) is -0.513. The number of benzene rings is 1. The molecule has 0 aromatic heterocycles. The Morgan fingerprint density at radius 1 is 1.26 bits per heavy atom. The quantitative estimate of drug-likeness (QED) is 0.121. The molecule has 0 fully saturated rings. The van der Waals surface area contributed by atoms with Gasteiger partial charge in [0, 0.05) is 0 Å². The van der Waals surface area contributed by atoms with Gasteiger partial charge >= 0.3 is 170 Å². The fourth-order valence-corrected chi connectivity index (χ4v) is 3.43. The normalized spacial score (nSPS) is 13.9. The van der Waals surface area contributed by atoms with Crippen LogP contribution in [-0.2, 0) is 20.7 Å². The molecule has 27 heavy (non-hydrogen) atoms. The van der Waals surface area contributed by atoms with Crippen molar-refractivity contribution in [2.45, 2.75) is 43.7 Å². The topological polar surface area (TPSA) is 105 Å². The zero-order chi connectivity index (χ0) is 20.4.